The molecule has 0 aliphatic heterocycles. The first kappa shape index (κ1) is 21.8. The number of benzene rings is 2. The Morgan fingerprint density at radius 2 is 1.88 bits per heavy atom. The average Bonchev–Trinajstić information content (AvgIpc) is 3.23. The molecule has 0 saturated carbocycles. The molecule has 2 aromatic heterocycles. The second kappa shape index (κ2) is 9.78. The van der Waals surface area contributed by atoms with Crippen molar-refractivity contribution in [2.75, 3.05) is 11.1 Å². The smallest absolute Gasteiger partial charge is 0.282 e. The number of fused-ring (bicyclic) bond motifs is 1. The summed E-state index contributed by atoms with van der Waals surface area (Å²) in [4.78, 5) is 30.2. The maximum atomic E-state index is 13.8. The topological polar surface area (TPSA) is 81.8 Å². The molecule has 0 bridgehead atoms. The van der Waals surface area contributed by atoms with Crippen molar-refractivity contribution in [3.05, 3.63) is 82.5 Å². The van der Waals surface area contributed by atoms with E-state index in [4.69, 9.17) is 0 Å². The molecular formula is C23H22FN5O2S. The van der Waals surface area contributed by atoms with E-state index in [0.29, 0.717) is 35.7 Å². The van der Waals surface area contributed by atoms with Gasteiger partial charge in [0.15, 0.2) is 10.7 Å². The van der Waals surface area contributed by atoms with Gasteiger partial charge in [-0.3, -0.25) is 18.8 Å². The van der Waals surface area contributed by atoms with Gasteiger partial charge in [-0.1, -0.05) is 54.2 Å². The van der Waals surface area contributed by atoms with Crippen LogP contribution in [0.2, 0.25) is 0 Å². The van der Waals surface area contributed by atoms with Crippen molar-refractivity contribution in [2.45, 2.75) is 31.6 Å². The number of anilines is 1. The maximum absolute atomic E-state index is 13.8. The van der Waals surface area contributed by atoms with Crippen LogP contribution in [0.1, 0.15) is 12.5 Å². The highest BCUT2D eigenvalue weighted by atomic mass is 32.2. The summed E-state index contributed by atoms with van der Waals surface area (Å²) in [6, 6.07) is 15.8. The Morgan fingerprint density at radius 3 is 2.62 bits per heavy atom. The summed E-state index contributed by atoms with van der Waals surface area (Å²) in [5.41, 5.74) is 1.76. The Hall–Kier alpha value is -3.46. The van der Waals surface area contributed by atoms with E-state index in [-0.39, 0.29) is 22.9 Å². The van der Waals surface area contributed by atoms with Gasteiger partial charge in [0, 0.05) is 13.1 Å². The predicted molar refractivity (Wildman–Crippen MR) is 123 cm³/mol. The Morgan fingerprint density at radius 1 is 1.12 bits per heavy atom. The quantitative estimate of drug-likeness (QED) is 0.326. The number of nitrogens with one attached hydrogen (secondary N) is 1. The average molecular weight is 452 g/mol. The van der Waals surface area contributed by atoms with E-state index in [1.165, 1.54) is 12.1 Å². The van der Waals surface area contributed by atoms with Gasteiger partial charge in [0.05, 0.1) is 17.6 Å². The van der Waals surface area contributed by atoms with E-state index in [0.717, 1.165) is 17.3 Å². The van der Waals surface area contributed by atoms with Crippen LogP contribution in [0.5, 0.6) is 0 Å². The highest BCUT2D eigenvalue weighted by molar-refractivity contribution is 7.99. The summed E-state index contributed by atoms with van der Waals surface area (Å²) in [6.07, 6.45) is 2.36. The number of carbonyl (C=O) groups excluding carboxylic acids is 1. The Bertz CT molecular complexity index is 1300. The van der Waals surface area contributed by atoms with Crippen LogP contribution in [-0.4, -0.2) is 31.0 Å². The summed E-state index contributed by atoms with van der Waals surface area (Å²) in [5.74, 6) is -0.898. The lowest BCUT2D eigenvalue weighted by Gasteiger charge is -2.12. The Labute approximate surface area is 188 Å². The minimum absolute atomic E-state index is 0.0144. The van der Waals surface area contributed by atoms with Crippen LogP contribution >= 0.6 is 11.8 Å². The first-order chi connectivity index (χ1) is 15.5. The van der Waals surface area contributed by atoms with E-state index < -0.39 is 5.82 Å². The fourth-order valence-corrected chi connectivity index (χ4v) is 4.08. The summed E-state index contributed by atoms with van der Waals surface area (Å²) in [5, 5.41) is 7.32. The number of aromatic nitrogens is 4. The largest absolute Gasteiger partial charge is 0.323 e. The van der Waals surface area contributed by atoms with Crippen molar-refractivity contribution in [2.24, 2.45) is 0 Å². The van der Waals surface area contributed by atoms with Gasteiger partial charge in [-0.15, -0.1) is 0 Å². The molecule has 0 saturated heterocycles. The molecule has 2 heterocycles. The normalized spacial score (nSPS) is 11.1. The third kappa shape index (κ3) is 4.88. The molecule has 0 aliphatic carbocycles. The lowest BCUT2D eigenvalue weighted by molar-refractivity contribution is -0.113. The van der Waals surface area contributed by atoms with Crippen LogP contribution in [0.15, 0.2) is 70.7 Å². The Balaban J connectivity index is 1.58. The van der Waals surface area contributed by atoms with Gasteiger partial charge in [0.25, 0.3) is 5.56 Å². The Kier molecular flexibility index (Phi) is 6.65. The van der Waals surface area contributed by atoms with Crippen LogP contribution in [0.25, 0.3) is 11.0 Å². The standard InChI is InChI=1S/C23H22FN5O2S/c1-2-28-14-19-21(27-28)22(31)29(13-12-16-8-4-3-5-9-16)23(26-19)32-15-20(30)25-18-11-7-6-10-17(18)24/h3-11,14H,2,12-13,15H2,1H3,(H,25,30). The van der Waals surface area contributed by atoms with Crippen molar-refractivity contribution in [3.63, 3.8) is 0 Å². The molecule has 0 spiro atoms. The van der Waals surface area contributed by atoms with E-state index in [9.17, 15) is 14.0 Å². The van der Waals surface area contributed by atoms with Gasteiger partial charge in [-0.2, -0.15) is 5.10 Å². The number of para-hydroxylation sites is 1. The van der Waals surface area contributed by atoms with Crippen LogP contribution in [0.4, 0.5) is 10.1 Å². The van der Waals surface area contributed by atoms with Gasteiger partial charge in [0.2, 0.25) is 5.91 Å². The van der Waals surface area contributed by atoms with E-state index >= 15 is 0 Å². The molecule has 32 heavy (non-hydrogen) atoms. The lowest BCUT2D eigenvalue weighted by atomic mass is 10.1. The summed E-state index contributed by atoms with van der Waals surface area (Å²) < 4.78 is 17.0. The zero-order valence-corrected chi connectivity index (χ0v) is 18.3. The third-order valence-corrected chi connectivity index (χ3v) is 5.88. The number of rotatable bonds is 8. The first-order valence-electron chi connectivity index (χ1n) is 10.2. The van der Waals surface area contributed by atoms with Gasteiger partial charge in [-0.25, -0.2) is 9.37 Å². The molecule has 0 unspecified atom stereocenters. The second-order valence-corrected chi connectivity index (χ2v) is 8.06. The highest BCUT2D eigenvalue weighted by Crippen LogP contribution is 2.19. The second-order valence-electron chi connectivity index (χ2n) is 7.12. The monoisotopic (exact) mass is 451 g/mol. The maximum Gasteiger partial charge on any atom is 0.282 e. The van der Waals surface area contributed by atoms with Gasteiger partial charge < -0.3 is 5.32 Å². The molecular weight excluding hydrogens is 429 g/mol. The van der Waals surface area contributed by atoms with Crippen molar-refractivity contribution in [3.8, 4) is 0 Å². The van der Waals surface area contributed by atoms with Crippen molar-refractivity contribution >= 4 is 34.4 Å². The minimum atomic E-state index is -0.503. The number of carbonyl (C=O) groups is 1. The molecule has 0 atom stereocenters. The molecule has 4 rings (SSSR count). The van der Waals surface area contributed by atoms with Gasteiger partial charge in [-0.05, 0) is 31.0 Å². The molecule has 2 aromatic carbocycles. The lowest BCUT2D eigenvalue weighted by Crippen LogP contribution is -2.25. The molecule has 9 heteroatoms. The molecule has 1 N–H and O–H groups in total. The number of halogens is 1. The van der Waals surface area contributed by atoms with Crippen molar-refractivity contribution in [1.29, 1.82) is 0 Å². The number of thioether (sulfide) groups is 1. The number of aryl methyl sites for hydroxylation is 2. The van der Waals surface area contributed by atoms with Crippen molar-refractivity contribution in [1.82, 2.24) is 19.3 Å². The first-order valence-corrected chi connectivity index (χ1v) is 11.2. The predicted octanol–water partition coefficient (Wildman–Crippen LogP) is 3.73. The number of hydrogen-bond donors (Lipinski definition) is 1. The van der Waals surface area contributed by atoms with Gasteiger partial charge >= 0.3 is 0 Å². The summed E-state index contributed by atoms with van der Waals surface area (Å²) in [6.45, 7) is 2.96. The highest BCUT2D eigenvalue weighted by Gasteiger charge is 2.16. The minimum Gasteiger partial charge on any atom is -0.323 e. The number of amides is 1. The molecule has 1 amide bonds. The summed E-state index contributed by atoms with van der Waals surface area (Å²) >= 11 is 1.14. The van der Waals surface area contributed by atoms with Crippen LogP contribution in [0.3, 0.4) is 0 Å². The van der Waals surface area contributed by atoms with E-state index in [1.807, 2.05) is 37.3 Å². The van der Waals surface area contributed by atoms with Gasteiger partial charge in [0.1, 0.15) is 11.3 Å². The zero-order valence-electron chi connectivity index (χ0n) is 17.5. The van der Waals surface area contributed by atoms with Crippen LogP contribution in [-0.2, 0) is 24.3 Å². The SMILES string of the molecule is CCn1cc2nc(SCC(=O)Nc3ccccc3F)n(CCc3ccccc3)c(=O)c2n1. The molecule has 0 aliphatic rings. The zero-order chi connectivity index (χ0) is 22.5. The number of nitrogens with zero attached hydrogens (tertiary/aromatic N) is 4. The van der Waals surface area contributed by atoms with Crippen LogP contribution < -0.4 is 10.9 Å². The summed E-state index contributed by atoms with van der Waals surface area (Å²) in [7, 11) is 0. The van der Waals surface area contributed by atoms with E-state index in [1.54, 1.807) is 27.6 Å². The fourth-order valence-electron chi connectivity index (χ4n) is 3.26. The van der Waals surface area contributed by atoms with Crippen LogP contribution in [0, 0.1) is 5.82 Å². The molecule has 164 valence electrons. The molecule has 0 fully saturated rings. The molecule has 0 radical (unpaired) electrons. The van der Waals surface area contributed by atoms with Crippen molar-refractivity contribution < 1.29 is 9.18 Å². The molecule has 7 nitrogen and oxygen atoms in total. The van der Waals surface area contributed by atoms with E-state index in [2.05, 4.69) is 15.4 Å². The number of hydrogen-bond acceptors (Lipinski definition) is 5. The fraction of sp³-hybridized carbons (Fsp3) is 0.217. The molecule has 4 aromatic rings. The third-order valence-electron chi connectivity index (χ3n) is 4.91.